The van der Waals surface area contributed by atoms with Gasteiger partial charge in [-0.1, -0.05) is 194 Å². The van der Waals surface area contributed by atoms with Gasteiger partial charge in [-0.3, -0.25) is 0 Å². The molecule has 0 saturated carbocycles. The normalized spacial score (nSPS) is 13.1. The Kier molecular flexibility index (Phi) is 7.47. The smallest absolute Gasteiger partial charge is 0.0754 e. The maximum Gasteiger partial charge on any atom is 0.0754 e. The highest BCUT2D eigenvalue weighted by molar-refractivity contribution is 5.99. The van der Waals surface area contributed by atoms with Gasteiger partial charge in [-0.05, 0) is 108 Å². The monoisotopic (exact) mass is 711 g/mol. The first-order chi connectivity index (χ1) is 27.8. The molecule has 1 spiro atoms. The van der Waals surface area contributed by atoms with Crippen molar-refractivity contribution in [2.75, 3.05) is 4.90 Å². The molecule has 0 amide bonds. The van der Waals surface area contributed by atoms with Crippen molar-refractivity contribution in [3.63, 3.8) is 0 Å². The van der Waals surface area contributed by atoms with Crippen molar-refractivity contribution in [3.05, 3.63) is 247 Å². The van der Waals surface area contributed by atoms with E-state index in [0.29, 0.717) is 0 Å². The van der Waals surface area contributed by atoms with Crippen LogP contribution in [-0.4, -0.2) is 0 Å². The van der Waals surface area contributed by atoms with Crippen molar-refractivity contribution in [1.82, 2.24) is 0 Å². The Morgan fingerprint density at radius 1 is 0.250 bits per heavy atom. The molecule has 0 radical (unpaired) electrons. The van der Waals surface area contributed by atoms with Crippen LogP contribution in [0.2, 0.25) is 0 Å². The van der Waals surface area contributed by atoms with Crippen LogP contribution in [0.5, 0.6) is 0 Å². The summed E-state index contributed by atoms with van der Waals surface area (Å²) in [5, 5.41) is 0. The highest BCUT2D eigenvalue weighted by Gasteiger charge is 2.51. The first-order valence-electron chi connectivity index (χ1n) is 19.4. The van der Waals surface area contributed by atoms with Crippen LogP contribution >= 0.6 is 0 Å². The van der Waals surface area contributed by atoms with Gasteiger partial charge in [-0.15, -0.1) is 0 Å². The van der Waals surface area contributed by atoms with E-state index in [1.165, 1.54) is 89.3 Å². The highest BCUT2D eigenvalue weighted by atomic mass is 15.2. The Balaban J connectivity index is 1.24. The zero-order valence-corrected chi connectivity index (χ0v) is 30.8. The molecule has 9 aromatic carbocycles. The second kappa shape index (κ2) is 13.0. The van der Waals surface area contributed by atoms with E-state index >= 15 is 0 Å². The Hall–Kier alpha value is -7.22. The zero-order chi connectivity index (χ0) is 37.1. The molecular weight excluding hydrogens is 675 g/mol. The van der Waals surface area contributed by atoms with Gasteiger partial charge in [0, 0.05) is 5.69 Å². The third kappa shape index (κ3) is 4.81. The summed E-state index contributed by atoms with van der Waals surface area (Å²) >= 11 is 0. The van der Waals surface area contributed by atoms with Crippen molar-refractivity contribution in [3.8, 4) is 55.6 Å². The Morgan fingerprint density at radius 2 is 0.661 bits per heavy atom. The number of rotatable bonds is 5. The largest absolute Gasteiger partial charge is 0.310 e. The van der Waals surface area contributed by atoms with E-state index in [4.69, 9.17) is 0 Å². The molecule has 0 fully saturated rings. The lowest BCUT2D eigenvalue weighted by molar-refractivity contribution is 0.753. The first-order valence-corrected chi connectivity index (χ1v) is 19.4. The van der Waals surface area contributed by atoms with Crippen LogP contribution in [-0.2, 0) is 5.41 Å². The van der Waals surface area contributed by atoms with Crippen molar-refractivity contribution in [2.45, 2.75) is 5.41 Å². The fraction of sp³-hybridized carbons (Fsp3) is 0.0182. The summed E-state index contributed by atoms with van der Waals surface area (Å²) in [5.74, 6) is 0. The molecule has 1 heteroatoms. The van der Waals surface area contributed by atoms with E-state index < -0.39 is 5.41 Å². The molecule has 0 atom stereocenters. The number of nitrogens with zero attached hydrogens (tertiary/aromatic N) is 1. The van der Waals surface area contributed by atoms with Crippen LogP contribution in [0.4, 0.5) is 17.1 Å². The first kappa shape index (κ1) is 32.2. The second-order valence-electron chi connectivity index (χ2n) is 14.8. The van der Waals surface area contributed by atoms with E-state index in [-0.39, 0.29) is 0 Å². The average Bonchev–Trinajstić information content (AvgIpc) is 3.58. The number of fused-ring (bicyclic) bond motifs is 9. The van der Waals surface area contributed by atoms with E-state index in [1.807, 2.05) is 0 Å². The molecule has 56 heavy (non-hydrogen) atoms. The van der Waals surface area contributed by atoms with E-state index in [0.717, 1.165) is 5.69 Å². The molecule has 1 aliphatic heterocycles. The van der Waals surface area contributed by atoms with Gasteiger partial charge < -0.3 is 4.90 Å². The van der Waals surface area contributed by atoms with E-state index in [1.54, 1.807) is 0 Å². The third-order valence-electron chi connectivity index (χ3n) is 11.9. The second-order valence-corrected chi connectivity index (χ2v) is 14.8. The predicted molar refractivity (Wildman–Crippen MR) is 234 cm³/mol. The van der Waals surface area contributed by atoms with E-state index in [9.17, 15) is 0 Å². The summed E-state index contributed by atoms with van der Waals surface area (Å²) in [5.41, 5.74) is 20.5. The number of anilines is 3. The lowest BCUT2D eigenvalue weighted by Gasteiger charge is -2.45. The van der Waals surface area contributed by atoms with Crippen LogP contribution in [0.3, 0.4) is 0 Å². The molecule has 0 aromatic heterocycles. The molecule has 1 nitrogen and oxygen atoms in total. The fourth-order valence-electron chi connectivity index (χ4n) is 9.55. The van der Waals surface area contributed by atoms with Gasteiger partial charge in [-0.25, -0.2) is 0 Å². The van der Waals surface area contributed by atoms with Crippen LogP contribution in [0, 0.1) is 0 Å². The van der Waals surface area contributed by atoms with Crippen molar-refractivity contribution in [1.29, 1.82) is 0 Å². The molecule has 0 saturated heterocycles. The maximum atomic E-state index is 2.50. The van der Waals surface area contributed by atoms with Crippen LogP contribution in [0.15, 0.2) is 224 Å². The lowest BCUT2D eigenvalue weighted by atomic mass is 9.64. The Labute approximate surface area is 328 Å². The molecule has 262 valence electrons. The summed E-state index contributed by atoms with van der Waals surface area (Å²) < 4.78 is 0. The molecular formula is C55H37N. The molecule has 0 unspecified atom stereocenters. The summed E-state index contributed by atoms with van der Waals surface area (Å²) in [6.45, 7) is 0. The van der Waals surface area contributed by atoms with Gasteiger partial charge >= 0.3 is 0 Å². The molecule has 9 aromatic rings. The maximum absolute atomic E-state index is 2.50. The molecule has 1 aliphatic carbocycles. The predicted octanol–water partition coefficient (Wildman–Crippen LogP) is 14.5. The van der Waals surface area contributed by atoms with Gasteiger partial charge in [0.2, 0.25) is 0 Å². The summed E-state index contributed by atoms with van der Waals surface area (Å²) in [6.07, 6.45) is 0. The fourth-order valence-corrected chi connectivity index (χ4v) is 9.55. The summed E-state index contributed by atoms with van der Waals surface area (Å²) in [6, 6.07) is 82.6. The van der Waals surface area contributed by atoms with Crippen LogP contribution in [0.1, 0.15) is 22.3 Å². The number of hydrogen-bond donors (Lipinski definition) is 0. The molecule has 1 heterocycles. The Bertz CT molecular complexity index is 2860. The van der Waals surface area contributed by atoms with Crippen molar-refractivity contribution in [2.24, 2.45) is 0 Å². The molecule has 0 N–H and O–H groups in total. The topological polar surface area (TPSA) is 3.24 Å². The van der Waals surface area contributed by atoms with Gasteiger partial charge in [0.05, 0.1) is 16.8 Å². The minimum Gasteiger partial charge on any atom is -0.310 e. The number of benzene rings is 9. The van der Waals surface area contributed by atoms with Crippen molar-refractivity contribution >= 4 is 17.1 Å². The average molecular weight is 712 g/mol. The number of hydrogen-bond acceptors (Lipinski definition) is 1. The quantitative estimate of drug-likeness (QED) is 0.172. The lowest BCUT2D eigenvalue weighted by Crippen LogP contribution is -2.36. The van der Waals surface area contributed by atoms with Gasteiger partial charge in [0.1, 0.15) is 0 Å². The van der Waals surface area contributed by atoms with Crippen molar-refractivity contribution < 1.29 is 0 Å². The standard InChI is InChI=1S/C55H37N/c1-4-18-38(19-5-1)43-24-10-12-26-45(43)40-33-35-53-52(36-40)55(49-30-16-14-28-47(49)48-29-15-17-31-50(48)55)51-34-32-41(37-54(51)56(53)42-22-8-3-9-23-42)46-27-13-11-25-44(46)39-20-6-2-7-21-39/h1-37H. The Morgan fingerprint density at radius 3 is 1.20 bits per heavy atom. The third-order valence-corrected chi connectivity index (χ3v) is 11.9. The summed E-state index contributed by atoms with van der Waals surface area (Å²) in [7, 11) is 0. The zero-order valence-electron chi connectivity index (χ0n) is 30.8. The van der Waals surface area contributed by atoms with Crippen LogP contribution in [0.25, 0.3) is 55.6 Å². The minimum absolute atomic E-state index is 0.557. The van der Waals surface area contributed by atoms with Gasteiger partial charge in [0.25, 0.3) is 0 Å². The molecule has 2 aliphatic rings. The molecule has 0 bridgehead atoms. The van der Waals surface area contributed by atoms with E-state index in [2.05, 4.69) is 229 Å². The minimum atomic E-state index is -0.557. The summed E-state index contributed by atoms with van der Waals surface area (Å²) in [4.78, 5) is 2.50. The van der Waals surface area contributed by atoms with Crippen LogP contribution < -0.4 is 4.90 Å². The van der Waals surface area contributed by atoms with Gasteiger partial charge in [0.15, 0.2) is 0 Å². The number of para-hydroxylation sites is 1. The SMILES string of the molecule is c1ccc(-c2ccccc2-c2ccc3c(c2)N(c2ccccc2)c2ccc(-c4ccccc4-c4ccccc4)cc2C32c3ccccc3-c3ccccc32)cc1. The molecule has 11 rings (SSSR count). The van der Waals surface area contributed by atoms with Gasteiger partial charge in [-0.2, -0.15) is 0 Å². The highest BCUT2D eigenvalue weighted by Crippen LogP contribution is 2.64.